The van der Waals surface area contributed by atoms with E-state index in [0.717, 1.165) is 19.3 Å². The van der Waals surface area contributed by atoms with Gasteiger partial charge in [0, 0.05) is 12.8 Å². The Morgan fingerprint density at radius 2 is 2.28 bits per heavy atom. The summed E-state index contributed by atoms with van der Waals surface area (Å²) in [4.78, 5) is 16.1. The van der Waals surface area contributed by atoms with Gasteiger partial charge in [-0.05, 0) is 25.3 Å². The molecular formula is C12H20N4O2. The molecule has 2 unspecified atom stereocenters. The van der Waals surface area contributed by atoms with Crippen molar-refractivity contribution in [3.63, 3.8) is 0 Å². The predicted octanol–water partition coefficient (Wildman–Crippen LogP) is 0.759. The summed E-state index contributed by atoms with van der Waals surface area (Å²) in [6.45, 7) is 2.63. The second kappa shape index (κ2) is 5.95. The fourth-order valence-electron chi connectivity index (χ4n) is 2.55. The molecule has 6 nitrogen and oxygen atoms in total. The van der Waals surface area contributed by atoms with Gasteiger partial charge in [-0.25, -0.2) is 0 Å². The third-order valence-corrected chi connectivity index (χ3v) is 3.54. The summed E-state index contributed by atoms with van der Waals surface area (Å²) in [5, 5.41) is 6.61. The highest BCUT2D eigenvalue weighted by atomic mass is 16.5. The van der Waals surface area contributed by atoms with Crippen molar-refractivity contribution in [2.45, 2.75) is 39.2 Å². The molecule has 0 spiro atoms. The second-order valence-electron chi connectivity index (χ2n) is 4.83. The number of aromatic nitrogens is 2. The van der Waals surface area contributed by atoms with E-state index in [2.05, 4.69) is 15.5 Å². The molecule has 1 aromatic rings. The third kappa shape index (κ3) is 3.07. The minimum atomic E-state index is 0.0387. The standard InChI is InChI=1S/C12H20N4O2/c1-8-15-11(16-18-8)7-14-12(17)10-5-3-2-4-9(10)6-13/h9-10H,2-7,13H2,1H3,(H,14,17). The van der Waals surface area contributed by atoms with Gasteiger partial charge in [-0.15, -0.1) is 0 Å². The van der Waals surface area contributed by atoms with Crippen LogP contribution in [0.5, 0.6) is 0 Å². The predicted molar refractivity (Wildman–Crippen MR) is 65.4 cm³/mol. The molecule has 2 rings (SSSR count). The number of rotatable bonds is 4. The molecular weight excluding hydrogens is 232 g/mol. The van der Waals surface area contributed by atoms with Crippen LogP contribution >= 0.6 is 0 Å². The van der Waals surface area contributed by atoms with Crippen molar-refractivity contribution in [2.75, 3.05) is 6.54 Å². The van der Waals surface area contributed by atoms with Crippen LogP contribution in [0.15, 0.2) is 4.52 Å². The first kappa shape index (κ1) is 13.0. The van der Waals surface area contributed by atoms with Crippen LogP contribution in [0.3, 0.4) is 0 Å². The van der Waals surface area contributed by atoms with Gasteiger partial charge in [0.15, 0.2) is 5.82 Å². The monoisotopic (exact) mass is 252 g/mol. The zero-order valence-corrected chi connectivity index (χ0v) is 10.7. The Kier molecular flexibility index (Phi) is 4.30. The Hall–Kier alpha value is -1.43. The molecule has 0 aromatic carbocycles. The zero-order valence-electron chi connectivity index (χ0n) is 10.7. The molecule has 0 bridgehead atoms. The Morgan fingerprint density at radius 1 is 1.50 bits per heavy atom. The minimum absolute atomic E-state index is 0.0387. The molecule has 0 radical (unpaired) electrons. The Labute approximate surface area is 106 Å². The van der Waals surface area contributed by atoms with Gasteiger partial charge in [0.1, 0.15) is 0 Å². The number of nitrogens with zero attached hydrogens (tertiary/aromatic N) is 2. The molecule has 2 atom stereocenters. The summed E-state index contributed by atoms with van der Waals surface area (Å²) in [6.07, 6.45) is 4.26. The van der Waals surface area contributed by atoms with Crippen molar-refractivity contribution >= 4 is 5.91 Å². The second-order valence-corrected chi connectivity index (χ2v) is 4.83. The summed E-state index contributed by atoms with van der Waals surface area (Å²) in [5.41, 5.74) is 5.72. The van der Waals surface area contributed by atoms with Gasteiger partial charge in [-0.2, -0.15) is 4.98 Å². The number of aryl methyl sites for hydroxylation is 1. The highest BCUT2D eigenvalue weighted by Crippen LogP contribution is 2.29. The molecule has 6 heteroatoms. The Morgan fingerprint density at radius 3 is 2.94 bits per heavy atom. The van der Waals surface area contributed by atoms with Crippen molar-refractivity contribution in [1.29, 1.82) is 0 Å². The van der Waals surface area contributed by atoms with Crippen molar-refractivity contribution in [2.24, 2.45) is 17.6 Å². The van der Waals surface area contributed by atoms with Crippen molar-refractivity contribution in [1.82, 2.24) is 15.5 Å². The Bertz CT molecular complexity index is 405. The summed E-state index contributed by atoms with van der Waals surface area (Å²) in [6, 6.07) is 0. The van der Waals surface area contributed by atoms with E-state index >= 15 is 0 Å². The van der Waals surface area contributed by atoms with Gasteiger partial charge in [0.05, 0.1) is 6.54 Å². The summed E-state index contributed by atoms with van der Waals surface area (Å²) >= 11 is 0. The quantitative estimate of drug-likeness (QED) is 0.825. The molecule has 1 fully saturated rings. The first-order valence-electron chi connectivity index (χ1n) is 6.47. The lowest BCUT2D eigenvalue weighted by atomic mass is 9.79. The van der Waals surface area contributed by atoms with E-state index in [0.29, 0.717) is 30.7 Å². The maximum Gasteiger partial charge on any atom is 0.223 e. The largest absolute Gasteiger partial charge is 0.348 e. The highest BCUT2D eigenvalue weighted by molar-refractivity contribution is 5.79. The van der Waals surface area contributed by atoms with Crippen molar-refractivity contribution < 1.29 is 9.32 Å². The van der Waals surface area contributed by atoms with Crippen LogP contribution in [0.1, 0.15) is 37.4 Å². The van der Waals surface area contributed by atoms with Gasteiger partial charge in [-0.3, -0.25) is 4.79 Å². The lowest BCUT2D eigenvalue weighted by molar-refractivity contribution is -0.127. The fourth-order valence-corrected chi connectivity index (χ4v) is 2.55. The lowest BCUT2D eigenvalue weighted by Gasteiger charge is -2.29. The van der Waals surface area contributed by atoms with Crippen molar-refractivity contribution in [3.05, 3.63) is 11.7 Å². The van der Waals surface area contributed by atoms with E-state index in [4.69, 9.17) is 10.3 Å². The van der Waals surface area contributed by atoms with Crippen LogP contribution in [-0.4, -0.2) is 22.6 Å². The first-order chi connectivity index (χ1) is 8.70. The molecule has 0 aliphatic heterocycles. The Balaban J connectivity index is 1.86. The van der Waals surface area contributed by atoms with E-state index in [1.807, 2.05) is 0 Å². The van der Waals surface area contributed by atoms with Gasteiger partial charge < -0.3 is 15.6 Å². The number of carbonyl (C=O) groups excluding carboxylic acids is 1. The first-order valence-corrected chi connectivity index (χ1v) is 6.47. The smallest absolute Gasteiger partial charge is 0.223 e. The highest BCUT2D eigenvalue weighted by Gasteiger charge is 2.29. The van der Waals surface area contributed by atoms with Gasteiger partial charge in [-0.1, -0.05) is 18.0 Å². The topological polar surface area (TPSA) is 94.0 Å². The molecule has 1 aliphatic carbocycles. The molecule has 1 aromatic heterocycles. The molecule has 1 amide bonds. The number of hydrogen-bond acceptors (Lipinski definition) is 5. The van der Waals surface area contributed by atoms with E-state index in [-0.39, 0.29) is 11.8 Å². The van der Waals surface area contributed by atoms with Gasteiger partial charge in [0.25, 0.3) is 0 Å². The number of amides is 1. The van der Waals surface area contributed by atoms with Crippen molar-refractivity contribution in [3.8, 4) is 0 Å². The molecule has 1 aliphatic rings. The molecule has 1 saturated carbocycles. The van der Waals surface area contributed by atoms with E-state index in [9.17, 15) is 4.79 Å². The van der Waals surface area contributed by atoms with E-state index in [1.165, 1.54) is 6.42 Å². The van der Waals surface area contributed by atoms with Crippen LogP contribution in [-0.2, 0) is 11.3 Å². The van der Waals surface area contributed by atoms with E-state index < -0.39 is 0 Å². The molecule has 0 saturated heterocycles. The summed E-state index contributed by atoms with van der Waals surface area (Å²) < 4.78 is 4.85. The van der Waals surface area contributed by atoms with Crippen LogP contribution in [0.4, 0.5) is 0 Å². The number of nitrogens with one attached hydrogen (secondary N) is 1. The minimum Gasteiger partial charge on any atom is -0.348 e. The summed E-state index contributed by atoms with van der Waals surface area (Å²) in [7, 11) is 0. The number of carbonyl (C=O) groups is 1. The average Bonchev–Trinajstić information content (AvgIpc) is 2.81. The average molecular weight is 252 g/mol. The SMILES string of the molecule is Cc1nc(CNC(=O)C2CCCCC2CN)no1. The lowest BCUT2D eigenvalue weighted by Crippen LogP contribution is -2.39. The maximum absolute atomic E-state index is 12.1. The molecule has 18 heavy (non-hydrogen) atoms. The van der Waals surface area contributed by atoms with Gasteiger partial charge >= 0.3 is 0 Å². The maximum atomic E-state index is 12.1. The van der Waals surface area contributed by atoms with Gasteiger partial charge in [0.2, 0.25) is 11.8 Å². The fraction of sp³-hybridized carbons (Fsp3) is 0.750. The molecule has 1 heterocycles. The number of nitrogens with two attached hydrogens (primary N) is 1. The molecule has 100 valence electrons. The normalized spacial score (nSPS) is 23.9. The third-order valence-electron chi connectivity index (χ3n) is 3.54. The molecule has 3 N–H and O–H groups in total. The van der Waals surface area contributed by atoms with Crippen LogP contribution in [0.25, 0.3) is 0 Å². The zero-order chi connectivity index (χ0) is 13.0. The van der Waals surface area contributed by atoms with E-state index in [1.54, 1.807) is 6.92 Å². The van der Waals surface area contributed by atoms with Crippen LogP contribution in [0.2, 0.25) is 0 Å². The van der Waals surface area contributed by atoms with Crippen LogP contribution in [0, 0.1) is 18.8 Å². The van der Waals surface area contributed by atoms with Crippen LogP contribution < -0.4 is 11.1 Å². The number of hydrogen-bond donors (Lipinski definition) is 2. The summed E-state index contributed by atoms with van der Waals surface area (Å²) in [5.74, 6) is 1.44.